The van der Waals surface area contributed by atoms with E-state index in [1.165, 1.54) is 4.68 Å². The first kappa shape index (κ1) is 16.4. The molecule has 1 amide bonds. The van der Waals surface area contributed by atoms with Crippen molar-refractivity contribution in [2.24, 2.45) is 0 Å². The van der Waals surface area contributed by atoms with Gasteiger partial charge in [-0.3, -0.25) is 19.6 Å². The van der Waals surface area contributed by atoms with Crippen molar-refractivity contribution in [3.63, 3.8) is 0 Å². The molecule has 0 aliphatic carbocycles. The molecule has 2 rings (SSSR count). The van der Waals surface area contributed by atoms with Crippen LogP contribution in [0.1, 0.15) is 37.6 Å². The van der Waals surface area contributed by atoms with Gasteiger partial charge in [-0.1, -0.05) is 0 Å². The topological polar surface area (TPSA) is 102 Å². The Balaban J connectivity index is 2.12. The molecular formula is C14H22N4O4. The maximum absolute atomic E-state index is 12.5. The molecule has 0 spiro atoms. The number of carbonyl (C=O) groups is 1. The van der Waals surface area contributed by atoms with Gasteiger partial charge in [0, 0.05) is 12.6 Å². The summed E-state index contributed by atoms with van der Waals surface area (Å²) < 4.78 is 1.40. The van der Waals surface area contributed by atoms with Gasteiger partial charge in [0.25, 0.3) is 0 Å². The second-order valence-corrected chi connectivity index (χ2v) is 5.90. The minimum absolute atomic E-state index is 0.00315. The molecule has 1 aliphatic rings. The van der Waals surface area contributed by atoms with E-state index in [1.54, 1.807) is 25.7 Å². The lowest BCUT2D eigenvalue weighted by molar-refractivity contribution is -0.386. The van der Waals surface area contributed by atoms with Gasteiger partial charge in [-0.05, 0) is 40.0 Å². The predicted molar refractivity (Wildman–Crippen MR) is 79.4 cm³/mol. The number of hydrogen-bond donors (Lipinski definition) is 1. The maximum atomic E-state index is 12.5. The summed E-state index contributed by atoms with van der Waals surface area (Å²) in [6.45, 7) is 5.54. The summed E-state index contributed by atoms with van der Waals surface area (Å²) in [5.74, 6) is -0.108. The molecular weight excluding hydrogens is 288 g/mol. The Labute approximate surface area is 128 Å². The van der Waals surface area contributed by atoms with E-state index >= 15 is 0 Å². The zero-order valence-corrected chi connectivity index (χ0v) is 13.2. The van der Waals surface area contributed by atoms with E-state index in [4.69, 9.17) is 0 Å². The molecule has 2 atom stereocenters. The number of likely N-dealkylation sites (tertiary alicyclic amines) is 1. The van der Waals surface area contributed by atoms with Crippen LogP contribution in [-0.4, -0.2) is 49.3 Å². The molecule has 1 aliphatic heterocycles. The average molecular weight is 310 g/mol. The zero-order chi connectivity index (χ0) is 16.4. The number of aromatic nitrogens is 2. The number of nitro groups is 1. The number of amides is 1. The Bertz CT molecular complexity index is 582. The molecule has 1 aromatic rings. The molecule has 8 heteroatoms. The van der Waals surface area contributed by atoms with Gasteiger partial charge < -0.3 is 10.0 Å². The van der Waals surface area contributed by atoms with Gasteiger partial charge in [-0.25, -0.2) is 0 Å². The highest BCUT2D eigenvalue weighted by molar-refractivity contribution is 5.76. The molecule has 22 heavy (non-hydrogen) atoms. The highest BCUT2D eigenvalue weighted by Gasteiger charge is 2.31. The first-order chi connectivity index (χ1) is 10.3. The maximum Gasteiger partial charge on any atom is 0.312 e. The summed E-state index contributed by atoms with van der Waals surface area (Å²) in [4.78, 5) is 24.8. The van der Waals surface area contributed by atoms with Crippen LogP contribution in [0.5, 0.6) is 0 Å². The van der Waals surface area contributed by atoms with Crippen molar-refractivity contribution in [3.05, 3.63) is 21.5 Å². The summed E-state index contributed by atoms with van der Waals surface area (Å²) >= 11 is 0. The normalized spacial score (nSPS) is 19.5. The largest absolute Gasteiger partial charge is 0.393 e. The fourth-order valence-corrected chi connectivity index (χ4v) is 3.13. The van der Waals surface area contributed by atoms with Crippen molar-refractivity contribution < 1.29 is 14.8 Å². The van der Waals surface area contributed by atoms with Crippen LogP contribution in [0.15, 0.2) is 0 Å². The van der Waals surface area contributed by atoms with E-state index in [-0.39, 0.29) is 24.2 Å². The average Bonchev–Trinajstić information content (AvgIpc) is 2.94. The highest BCUT2D eigenvalue weighted by atomic mass is 16.6. The van der Waals surface area contributed by atoms with Gasteiger partial charge in [-0.15, -0.1) is 0 Å². The number of hydrogen-bond acceptors (Lipinski definition) is 5. The summed E-state index contributed by atoms with van der Waals surface area (Å²) in [7, 11) is 0. The lowest BCUT2D eigenvalue weighted by atomic mass is 10.1. The Hall–Kier alpha value is -1.96. The first-order valence-electron chi connectivity index (χ1n) is 7.47. The lowest BCUT2D eigenvalue weighted by Crippen LogP contribution is -2.39. The molecule has 2 unspecified atom stereocenters. The second-order valence-electron chi connectivity index (χ2n) is 5.90. The van der Waals surface area contributed by atoms with Gasteiger partial charge >= 0.3 is 5.69 Å². The Morgan fingerprint density at radius 3 is 2.77 bits per heavy atom. The number of rotatable bonds is 5. The fourth-order valence-electron chi connectivity index (χ4n) is 3.13. The van der Waals surface area contributed by atoms with Crippen LogP contribution < -0.4 is 0 Å². The molecule has 8 nitrogen and oxygen atoms in total. The van der Waals surface area contributed by atoms with E-state index < -0.39 is 11.0 Å². The predicted octanol–water partition coefficient (Wildman–Crippen LogP) is 1.17. The highest BCUT2D eigenvalue weighted by Crippen LogP contribution is 2.24. The molecule has 1 saturated heterocycles. The van der Waals surface area contributed by atoms with Gasteiger partial charge in [0.15, 0.2) is 0 Å². The van der Waals surface area contributed by atoms with E-state index in [0.717, 1.165) is 12.8 Å². The molecule has 1 N–H and O–H groups in total. The SMILES string of the molecule is Cc1nn(CC(=O)N2CCCC2CC(C)O)c(C)c1[N+](=O)[O-]. The summed E-state index contributed by atoms with van der Waals surface area (Å²) in [5, 5.41) is 24.6. The van der Waals surface area contributed by atoms with Crippen LogP contribution in [0.3, 0.4) is 0 Å². The molecule has 0 bridgehead atoms. The smallest absolute Gasteiger partial charge is 0.312 e. The second kappa shape index (κ2) is 6.43. The lowest BCUT2D eigenvalue weighted by Gasteiger charge is -2.25. The fraction of sp³-hybridized carbons (Fsp3) is 0.714. The number of nitrogens with zero attached hydrogens (tertiary/aromatic N) is 4. The number of aliphatic hydroxyl groups excluding tert-OH is 1. The number of carbonyl (C=O) groups excluding carboxylic acids is 1. The third-order valence-corrected chi connectivity index (χ3v) is 4.12. The van der Waals surface area contributed by atoms with Gasteiger partial charge in [-0.2, -0.15) is 5.10 Å². The van der Waals surface area contributed by atoms with Crippen molar-refractivity contribution in [1.82, 2.24) is 14.7 Å². The van der Waals surface area contributed by atoms with Crippen molar-refractivity contribution in [2.75, 3.05) is 6.54 Å². The molecule has 0 aromatic carbocycles. The minimum Gasteiger partial charge on any atom is -0.393 e. The van der Waals surface area contributed by atoms with Crippen LogP contribution in [0.25, 0.3) is 0 Å². The quantitative estimate of drug-likeness (QED) is 0.650. The third kappa shape index (κ3) is 3.27. The summed E-state index contributed by atoms with van der Waals surface area (Å²) in [6.07, 6.45) is 1.91. The van der Waals surface area contributed by atoms with Crippen molar-refractivity contribution in [1.29, 1.82) is 0 Å². The van der Waals surface area contributed by atoms with Gasteiger partial charge in [0.1, 0.15) is 17.9 Å². The number of aliphatic hydroxyl groups is 1. The Morgan fingerprint density at radius 1 is 1.55 bits per heavy atom. The van der Waals surface area contributed by atoms with Gasteiger partial charge in [0.05, 0.1) is 11.0 Å². The van der Waals surface area contributed by atoms with E-state index in [2.05, 4.69) is 5.10 Å². The Kier molecular flexibility index (Phi) is 4.80. The molecule has 0 saturated carbocycles. The zero-order valence-electron chi connectivity index (χ0n) is 13.2. The first-order valence-corrected chi connectivity index (χ1v) is 7.47. The third-order valence-electron chi connectivity index (χ3n) is 4.12. The van der Waals surface area contributed by atoms with Crippen molar-refractivity contribution in [2.45, 2.75) is 58.7 Å². The van der Waals surface area contributed by atoms with Crippen LogP contribution in [-0.2, 0) is 11.3 Å². The van der Waals surface area contributed by atoms with E-state index in [0.29, 0.717) is 24.4 Å². The van der Waals surface area contributed by atoms with Crippen LogP contribution >= 0.6 is 0 Å². The molecule has 0 radical (unpaired) electrons. The van der Waals surface area contributed by atoms with Crippen molar-refractivity contribution >= 4 is 11.6 Å². The standard InChI is InChI=1S/C14H22N4O4/c1-9(19)7-12-5-4-6-16(12)13(20)8-17-11(3)14(18(21)22)10(2)15-17/h9,12,19H,4-8H2,1-3H3. The molecule has 1 aromatic heterocycles. The monoisotopic (exact) mass is 310 g/mol. The molecule has 2 heterocycles. The minimum atomic E-state index is -0.468. The number of aryl methyl sites for hydroxylation is 1. The van der Waals surface area contributed by atoms with Crippen LogP contribution in [0.2, 0.25) is 0 Å². The van der Waals surface area contributed by atoms with E-state index in [1.807, 2.05) is 0 Å². The summed E-state index contributed by atoms with van der Waals surface area (Å²) in [6, 6.07) is 0.0412. The van der Waals surface area contributed by atoms with Gasteiger partial charge in [0.2, 0.25) is 5.91 Å². The molecule has 1 fully saturated rings. The Morgan fingerprint density at radius 2 is 2.23 bits per heavy atom. The molecule has 122 valence electrons. The van der Waals surface area contributed by atoms with Crippen molar-refractivity contribution in [3.8, 4) is 0 Å². The summed E-state index contributed by atoms with van der Waals surface area (Å²) in [5.41, 5.74) is 0.675. The van der Waals surface area contributed by atoms with E-state index in [9.17, 15) is 20.0 Å². The van der Waals surface area contributed by atoms with Crippen LogP contribution in [0, 0.1) is 24.0 Å². The van der Waals surface area contributed by atoms with Crippen LogP contribution in [0.4, 0.5) is 5.69 Å².